The molecule has 0 bridgehead atoms. The topological polar surface area (TPSA) is 89.0 Å². The first kappa shape index (κ1) is 25.5. The van der Waals surface area contributed by atoms with Crippen LogP contribution in [0.3, 0.4) is 0 Å². The third-order valence-corrected chi connectivity index (χ3v) is 6.95. The van der Waals surface area contributed by atoms with Crippen LogP contribution in [0.25, 0.3) is 5.76 Å². The molecule has 0 radical (unpaired) electrons. The van der Waals surface area contributed by atoms with Crippen LogP contribution < -0.4 is 9.47 Å². The first-order valence-electron chi connectivity index (χ1n) is 13.0. The third-order valence-electron chi connectivity index (χ3n) is 6.95. The summed E-state index contributed by atoms with van der Waals surface area (Å²) < 4.78 is 11.8. The summed E-state index contributed by atoms with van der Waals surface area (Å²) in [6, 6.07) is 15.6. The van der Waals surface area contributed by atoms with Gasteiger partial charge in [0, 0.05) is 30.9 Å². The molecule has 7 heteroatoms. The second-order valence-corrected chi connectivity index (χ2v) is 10.3. The largest absolute Gasteiger partial charge is 0.507 e. The number of fused-ring (bicyclic) bond motifs is 1. The van der Waals surface area contributed by atoms with E-state index in [1.54, 1.807) is 24.5 Å². The molecular weight excluding hydrogens is 480 g/mol. The summed E-state index contributed by atoms with van der Waals surface area (Å²) in [5, 5.41) is 11.5. The molecule has 196 valence electrons. The quantitative estimate of drug-likeness (QED) is 0.245. The SMILES string of the molecule is CC(C)CCOc1cccc([C@H]2/C(=C(\O)c3ccc4c(c3)C[C@@H](C)O4)C(=O)C(=O)N2Cc2ccncc2)c1. The summed E-state index contributed by atoms with van der Waals surface area (Å²) in [7, 11) is 0. The van der Waals surface area contributed by atoms with Gasteiger partial charge in [-0.3, -0.25) is 14.6 Å². The first-order valence-corrected chi connectivity index (χ1v) is 13.0. The monoisotopic (exact) mass is 512 g/mol. The molecule has 7 nitrogen and oxygen atoms in total. The molecule has 0 aliphatic carbocycles. The van der Waals surface area contributed by atoms with Crippen LogP contribution in [0.15, 0.2) is 72.6 Å². The van der Waals surface area contributed by atoms with Gasteiger partial charge in [-0.15, -0.1) is 0 Å². The van der Waals surface area contributed by atoms with Crippen molar-refractivity contribution in [3.8, 4) is 11.5 Å². The summed E-state index contributed by atoms with van der Waals surface area (Å²) in [5.41, 5.74) is 3.04. The fraction of sp³-hybridized carbons (Fsp3) is 0.323. The summed E-state index contributed by atoms with van der Waals surface area (Å²) in [4.78, 5) is 32.4. The second-order valence-electron chi connectivity index (χ2n) is 10.3. The highest BCUT2D eigenvalue weighted by atomic mass is 16.5. The van der Waals surface area contributed by atoms with Gasteiger partial charge in [0.1, 0.15) is 23.4 Å². The van der Waals surface area contributed by atoms with Crippen molar-refractivity contribution in [1.82, 2.24) is 9.88 Å². The lowest BCUT2D eigenvalue weighted by molar-refractivity contribution is -0.140. The lowest BCUT2D eigenvalue weighted by Crippen LogP contribution is -2.29. The zero-order valence-electron chi connectivity index (χ0n) is 21.9. The van der Waals surface area contributed by atoms with E-state index in [0.717, 1.165) is 23.3 Å². The van der Waals surface area contributed by atoms with E-state index < -0.39 is 17.7 Å². The number of amides is 1. The molecular formula is C31H32N2O5. The minimum absolute atomic E-state index is 0.0479. The van der Waals surface area contributed by atoms with E-state index in [1.165, 1.54) is 4.90 Å². The molecule has 3 aromatic rings. The van der Waals surface area contributed by atoms with Crippen LogP contribution in [0.2, 0.25) is 0 Å². The van der Waals surface area contributed by atoms with Gasteiger partial charge in [-0.2, -0.15) is 0 Å². The molecule has 5 rings (SSSR count). The van der Waals surface area contributed by atoms with Gasteiger partial charge in [-0.1, -0.05) is 26.0 Å². The average Bonchev–Trinajstić information content (AvgIpc) is 3.40. The standard InChI is InChI=1S/C31H32N2O5/c1-19(2)11-14-37-25-6-4-5-22(17-25)28-27(29(34)23-7-8-26-24(16-23)15-20(3)38-26)30(35)31(36)33(28)18-21-9-12-32-13-10-21/h4-10,12-13,16-17,19-20,28,34H,11,14-15,18H2,1-3H3/b29-27+/t20-,28+/m1/s1. The molecule has 1 amide bonds. The molecule has 2 aliphatic heterocycles. The van der Waals surface area contributed by atoms with Crippen molar-refractivity contribution < 1.29 is 24.2 Å². The van der Waals surface area contributed by atoms with Crippen molar-refractivity contribution in [2.75, 3.05) is 6.61 Å². The maximum Gasteiger partial charge on any atom is 0.295 e. The van der Waals surface area contributed by atoms with Crippen LogP contribution in [-0.2, 0) is 22.6 Å². The highest BCUT2D eigenvalue weighted by molar-refractivity contribution is 6.46. The van der Waals surface area contributed by atoms with E-state index in [0.29, 0.717) is 35.8 Å². The molecule has 1 fully saturated rings. The highest BCUT2D eigenvalue weighted by Gasteiger charge is 2.46. The Morgan fingerprint density at radius 2 is 1.92 bits per heavy atom. The van der Waals surface area contributed by atoms with Crippen molar-refractivity contribution in [1.29, 1.82) is 0 Å². The fourth-order valence-corrected chi connectivity index (χ4v) is 4.99. The van der Waals surface area contributed by atoms with E-state index in [1.807, 2.05) is 49.4 Å². The zero-order chi connectivity index (χ0) is 26.8. The molecule has 38 heavy (non-hydrogen) atoms. The van der Waals surface area contributed by atoms with Gasteiger partial charge >= 0.3 is 0 Å². The van der Waals surface area contributed by atoms with E-state index in [4.69, 9.17) is 9.47 Å². The molecule has 1 aromatic heterocycles. The molecule has 2 aromatic carbocycles. The predicted molar refractivity (Wildman–Crippen MR) is 144 cm³/mol. The van der Waals surface area contributed by atoms with Crippen LogP contribution in [-0.4, -0.2) is 39.4 Å². The number of Topliss-reactive ketones (excluding diaryl/α,β-unsaturated/α-hetero) is 1. The van der Waals surface area contributed by atoms with Crippen molar-refractivity contribution in [2.24, 2.45) is 5.92 Å². The molecule has 0 spiro atoms. The fourth-order valence-electron chi connectivity index (χ4n) is 4.99. The normalized spacial score (nSPS) is 20.1. The minimum atomic E-state index is -0.778. The maximum absolute atomic E-state index is 13.4. The van der Waals surface area contributed by atoms with Crippen molar-refractivity contribution in [2.45, 2.75) is 52.3 Å². The Labute approximate surface area is 222 Å². The Balaban J connectivity index is 1.57. The molecule has 2 aliphatic rings. The van der Waals surface area contributed by atoms with E-state index in [-0.39, 0.29) is 24.0 Å². The number of benzene rings is 2. The van der Waals surface area contributed by atoms with Gasteiger partial charge in [0.2, 0.25) is 0 Å². The lowest BCUT2D eigenvalue weighted by atomic mass is 9.94. The number of carbonyl (C=O) groups excluding carboxylic acids is 2. The maximum atomic E-state index is 13.4. The van der Waals surface area contributed by atoms with Crippen LogP contribution in [0.1, 0.15) is 55.5 Å². The van der Waals surface area contributed by atoms with E-state index >= 15 is 0 Å². The lowest BCUT2D eigenvalue weighted by Gasteiger charge is -2.26. The highest BCUT2D eigenvalue weighted by Crippen LogP contribution is 2.42. The van der Waals surface area contributed by atoms with Crippen LogP contribution in [0.5, 0.6) is 11.5 Å². The molecule has 0 unspecified atom stereocenters. The van der Waals surface area contributed by atoms with Gasteiger partial charge in [-0.25, -0.2) is 0 Å². The smallest absolute Gasteiger partial charge is 0.295 e. The number of aromatic nitrogens is 1. The number of hydrogen-bond donors (Lipinski definition) is 1. The number of hydrogen-bond acceptors (Lipinski definition) is 6. The molecule has 3 heterocycles. The summed E-state index contributed by atoms with van der Waals surface area (Å²) in [6.45, 7) is 7.02. The Hall–Kier alpha value is -4.13. The average molecular weight is 513 g/mol. The predicted octanol–water partition coefficient (Wildman–Crippen LogP) is 5.45. The van der Waals surface area contributed by atoms with Crippen LogP contribution >= 0.6 is 0 Å². The van der Waals surface area contributed by atoms with Gasteiger partial charge in [0.05, 0.1) is 18.2 Å². The minimum Gasteiger partial charge on any atom is -0.507 e. The number of carbonyl (C=O) groups is 2. The van der Waals surface area contributed by atoms with Gasteiger partial charge in [0.25, 0.3) is 11.7 Å². The van der Waals surface area contributed by atoms with Crippen LogP contribution in [0.4, 0.5) is 0 Å². The molecule has 1 saturated heterocycles. The number of pyridine rings is 1. The third kappa shape index (κ3) is 5.14. The Morgan fingerprint density at radius 3 is 2.68 bits per heavy atom. The first-order chi connectivity index (χ1) is 18.3. The number of likely N-dealkylation sites (tertiary alicyclic amines) is 1. The number of ketones is 1. The summed E-state index contributed by atoms with van der Waals surface area (Å²) in [5.74, 6) is 0.372. The van der Waals surface area contributed by atoms with Crippen LogP contribution in [0, 0.1) is 5.92 Å². The second kappa shape index (κ2) is 10.7. The van der Waals surface area contributed by atoms with E-state index in [2.05, 4.69) is 18.8 Å². The summed E-state index contributed by atoms with van der Waals surface area (Å²) >= 11 is 0. The number of ether oxygens (including phenoxy) is 2. The number of rotatable bonds is 8. The van der Waals surface area contributed by atoms with Crippen molar-refractivity contribution >= 4 is 17.4 Å². The van der Waals surface area contributed by atoms with E-state index in [9.17, 15) is 14.7 Å². The Bertz CT molecular complexity index is 1380. The number of aliphatic hydroxyl groups is 1. The molecule has 0 saturated carbocycles. The molecule has 1 N–H and O–H groups in total. The summed E-state index contributed by atoms with van der Waals surface area (Å²) in [6.07, 6.45) is 4.97. The van der Waals surface area contributed by atoms with Gasteiger partial charge in [-0.05, 0) is 78.4 Å². The van der Waals surface area contributed by atoms with Gasteiger partial charge in [0.15, 0.2) is 0 Å². The zero-order valence-corrected chi connectivity index (χ0v) is 21.9. The molecule has 2 atom stereocenters. The number of nitrogens with zero attached hydrogens (tertiary/aromatic N) is 2. The van der Waals surface area contributed by atoms with Crippen molar-refractivity contribution in [3.63, 3.8) is 0 Å². The Morgan fingerprint density at radius 1 is 1.13 bits per heavy atom. The van der Waals surface area contributed by atoms with Crippen molar-refractivity contribution in [3.05, 3.63) is 94.8 Å². The number of aliphatic hydroxyl groups excluding tert-OH is 1. The Kier molecular flexibility index (Phi) is 7.18. The van der Waals surface area contributed by atoms with Gasteiger partial charge < -0.3 is 19.5 Å².